The maximum absolute atomic E-state index is 11.5. The van der Waals surface area contributed by atoms with Crippen LogP contribution in [0.3, 0.4) is 0 Å². The van der Waals surface area contributed by atoms with Gasteiger partial charge >= 0.3 is 0 Å². The van der Waals surface area contributed by atoms with Gasteiger partial charge in [0.2, 0.25) is 11.8 Å². The van der Waals surface area contributed by atoms with Gasteiger partial charge in [-0.15, -0.1) is 12.4 Å². The highest BCUT2D eigenvalue weighted by Crippen LogP contribution is 2.25. The summed E-state index contributed by atoms with van der Waals surface area (Å²) in [7, 11) is 0. The number of hydrogen-bond acceptors (Lipinski definition) is 3. The Morgan fingerprint density at radius 3 is 2.53 bits per heavy atom. The minimum Gasteiger partial charge on any atom is -0.347 e. The Kier molecular flexibility index (Phi) is 8.51. The molecule has 0 aliphatic rings. The Morgan fingerprint density at radius 1 is 1.21 bits per heavy atom. The molecule has 19 heavy (non-hydrogen) atoms. The van der Waals surface area contributed by atoms with E-state index in [2.05, 4.69) is 10.6 Å². The summed E-state index contributed by atoms with van der Waals surface area (Å²) in [5.41, 5.74) is 5.61. The summed E-state index contributed by atoms with van der Waals surface area (Å²) in [6.45, 7) is 0.106. The second kappa shape index (κ2) is 8.98. The van der Waals surface area contributed by atoms with Gasteiger partial charge in [0.1, 0.15) is 0 Å². The molecule has 4 N–H and O–H groups in total. The molecule has 1 aromatic carbocycles. The Morgan fingerprint density at radius 2 is 1.89 bits per heavy atom. The maximum atomic E-state index is 11.5. The summed E-state index contributed by atoms with van der Waals surface area (Å²) in [5.74, 6) is -0.658. The molecule has 0 fully saturated rings. The first-order valence-electron chi connectivity index (χ1n) is 5.24. The van der Waals surface area contributed by atoms with Gasteiger partial charge in [-0.05, 0) is 18.2 Å². The first kappa shape index (κ1) is 18.0. The Labute approximate surface area is 127 Å². The lowest BCUT2D eigenvalue weighted by Gasteiger charge is -2.08. The molecule has 106 valence electrons. The van der Waals surface area contributed by atoms with Crippen LogP contribution in [-0.4, -0.2) is 24.9 Å². The standard InChI is InChI=1S/C11H13Cl2N3O2.ClH/c12-7-1-2-8(13)9(5-7)16-11(18)6-15-10(17)3-4-14;/h1-2,5H,3-4,6,14H2,(H,15,17)(H,16,18);1H. The molecule has 0 aliphatic carbocycles. The summed E-state index contributed by atoms with van der Waals surface area (Å²) >= 11 is 11.7. The molecule has 0 radical (unpaired) electrons. The molecule has 2 amide bonds. The third kappa shape index (κ3) is 6.63. The SMILES string of the molecule is Cl.NCCC(=O)NCC(=O)Nc1cc(Cl)ccc1Cl. The number of benzene rings is 1. The predicted molar refractivity (Wildman–Crippen MR) is 79.0 cm³/mol. The van der Waals surface area contributed by atoms with E-state index < -0.39 is 0 Å². The van der Waals surface area contributed by atoms with Crippen LogP contribution in [-0.2, 0) is 9.59 Å². The van der Waals surface area contributed by atoms with Gasteiger partial charge in [-0.25, -0.2) is 0 Å². The van der Waals surface area contributed by atoms with Crippen LogP contribution in [0.1, 0.15) is 6.42 Å². The fraction of sp³-hybridized carbons (Fsp3) is 0.273. The summed E-state index contributed by atoms with van der Waals surface area (Å²) in [6, 6.07) is 4.72. The lowest BCUT2D eigenvalue weighted by molar-refractivity contribution is -0.124. The van der Waals surface area contributed by atoms with Crippen molar-refractivity contribution in [1.82, 2.24) is 5.32 Å². The zero-order chi connectivity index (χ0) is 13.5. The van der Waals surface area contributed by atoms with Crippen molar-refractivity contribution in [2.45, 2.75) is 6.42 Å². The Hall–Kier alpha value is -1.01. The number of hydrogen-bond donors (Lipinski definition) is 3. The van der Waals surface area contributed by atoms with E-state index in [4.69, 9.17) is 28.9 Å². The predicted octanol–water partition coefficient (Wildman–Crippen LogP) is 1.82. The zero-order valence-electron chi connectivity index (χ0n) is 9.91. The average molecular weight is 327 g/mol. The third-order valence-corrected chi connectivity index (χ3v) is 2.58. The van der Waals surface area contributed by atoms with Gasteiger partial charge in [-0.1, -0.05) is 23.2 Å². The van der Waals surface area contributed by atoms with Gasteiger partial charge in [0.05, 0.1) is 17.3 Å². The quantitative estimate of drug-likeness (QED) is 0.771. The van der Waals surface area contributed by atoms with Crippen LogP contribution in [0, 0.1) is 0 Å². The molecule has 0 atom stereocenters. The zero-order valence-corrected chi connectivity index (χ0v) is 12.2. The normalized spacial score (nSPS) is 9.42. The van der Waals surface area contributed by atoms with Gasteiger partial charge < -0.3 is 16.4 Å². The number of amides is 2. The van der Waals surface area contributed by atoms with Crippen molar-refractivity contribution in [3.63, 3.8) is 0 Å². The Balaban J connectivity index is 0.00000324. The summed E-state index contributed by atoms with van der Waals surface area (Å²) < 4.78 is 0. The van der Waals surface area contributed by atoms with Crippen molar-refractivity contribution in [3.8, 4) is 0 Å². The van der Waals surface area contributed by atoms with Gasteiger partial charge in [0.15, 0.2) is 0 Å². The van der Waals surface area contributed by atoms with Crippen molar-refractivity contribution in [3.05, 3.63) is 28.2 Å². The van der Waals surface area contributed by atoms with E-state index in [1.54, 1.807) is 12.1 Å². The molecular weight excluding hydrogens is 312 g/mol. The summed E-state index contributed by atoms with van der Waals surface area (Å²) in [5, 5.41) is 5.81. The van der Waals surface area contributed by atoms with E-state index in [0.717, 1.165) is 0 Å². The number of rotatable bonds is 5. The van der Waals surface area contributed by atoms with Crippen molar-refractivity contribution >= 4 is 53.1 Å². The van der Waals surface area contributed by atoms with Crippen LogP contribution in [0.15, 0.2) is 18.2 Å². The molecule has 0 unspecified atom stereocenters. The van der Waals surface area contributed by atoms with Gasteiger partial charge in [-0.3, -0.25) is 9.59 Å². The third-order valence-electron chi connectivity index (χ3n) is 2.02. The molecule has 0 heterocycles. The largest absolute Gasteiger partial charge is 0.347 e. The van der Waals surface area contributed by atoms with Crippen molar-refractivity contribution < 1.29 is 9.59 Å². The summed E-state index contributed by atoms with van der Waals surface area (Å²) in [6.07, 6.45) is 0.186. The number of anilines is 1. The first-order chi connectivity index (χ1) is 8.52. The van der Waals surface area contributed by atoms with Crippen LogP contribution >= 0.6 is 35.6 Å². The van der Waals surface area contributed by atoms with Crippen molar-refractivity contribution in [2.24, 2.45) is 5.73 Å². The second-order valence-corrected chi connectivity index (χ2v) is 4.33. The lowest BCUT2D eigenvalue weighted by Crippen LogP contribution is -2.33. The Bertz CT molecular complexity index is 455. The van der Waals surface area contributed by atoms with Gasteiger partial charge in [0, 0.05) is 18.0 Å². The number of nitrogens with one attached hydrogen (secondary N) is 2. The topological polar surface area (TPSA) is 84.2 Å². The summed E-state index contributed by atoms with van der Waals surface area (Å²) in [4.78, 5) is 22.6. The van der Waals surface area contributed by atoms with Crippen LogP contribution in [0.4, 0.5) is 5.69 Å². The number of halogens is 3. The molecule has 5 nitrogen and oxygen atoms in total. The fourth-order valence-corrected chi connectivity index (χ4v) is 1.52. The molecule has 0 saturated heterocycles. The number of nitrogens with two attached hydrogens (primary N) is 1. The van der Waals surface area contributed by atoms with Crippen molar-refractivity contribution in [2.75, 3.05) is 18.4 Å². The minimum atomic E-state index is -0.385. The average Bonchev–Trinajstić information content (AvgIpc) is 2.32. The van der Waals surface area contributed by atoms with Gasteiger partial charge in [-0.2, -0.15) is 0 Å². The molecule has 0 aliphatic heterocycles. The molecule has 8 heteroatoms. The molecule has 0 aromatic heterocycles. The first-order valence-corrected chi connectivity index (χ1v) is 6.00. The molecule has 1 aromatic rings. The van der Waals surface area contributed by atoms with Crippen molar-refractivity contribution in [1.29, 1.82) is 0 Å². The van der Waals surface area contributed by atoms with E-state index in [-0.39, 0.29) is 43.7 Å². The van der Waals surface area contributed by atoms with Crippen LogP contribution < -0.4 is 16.4 Å². The maximum Gasteiger partial charge on any atom is 0.243 e. The van der Waals surface area contributed by atoms with Gasteiger partial charge in [0.25, 0.3) is 0 Å². The van der Waals surface area contributed by atoms with Crippen LogP contribution in [0.5, 0.6) is 0 Å². The molecule has 0 spiro atoms. The van der Waals surface area contributed by atoms with E-state index in [1.165, 1.54) is 6.07 Å². The second-order valence-electron chi connectivity index (χ2n) is 3.49. The van der Waals surface area contributed by atoms with Crippen LogP contribution in [0.2, 0.25) is 10.0 Å². The molecule has 1 rings (SSSR count). The van der Waals surface area contributed by atoms with E-state index in [9.17, 15) is 9.59 Å². The fourth-order valence-electron chi connectivity index (χ4n) is 1.19. The highest BCUT2D eigenvalue weighted by Gasteiger charge is 2.08. The molecule has 0 saturated carbocycles. The molecule has 0 bridgehead atoms. The number of carbonyl (C=O) groups is 2. The van der Waals surface area contributed by atoms with Crippen LogP contribution in [0.25, 0.3) is 0 Å². The highest BCUT2D eigenvalue weighted by molar-refractivity contribution is 6.35. The van der Waals surface area contributed by atoms with E-state index in [1.807, 2.05) is 0 Å². The number of carbonyl (C=O) groups excluding carboxylic acids is 2. The lowest BCUT2D eigenvalue weighted by atomic mass is 10.3. The van der Waals surface area contributed by atoms with E-state index >= 15 is 0 Å². The van der Waals surface area contributed by atoms with E-state index in [0.29, 0.717) is 15.7 Å². The molecular formula is C11H14Cl3N3O2. The highest BCUT2D eigenvalue weighted by atomic mass is 35.5. The minimum absolute atomic E-state index is 0. The monoisotopic (exact) mass is 325 g/mol. The smallest absolute Gasteiger partial charge is 0.243 e.